The maximum absolute atomic E-state index is 12.0. The first-order chi connectivity index (χ1) is 9.70. The average Bonchev–Trinajstić information content (AvgIpc) is 2.99. The number of nitrogens with one attached hydrogen (secondary N) is 1. The van der Waals surface area contributed by atoms with Crippen LogP contribution in [0.15, 0.2) is 0 Å². The highest BCUT2D eigenvalue weighted by molar-refractivity contribution is 5.78. The van der Waals surface area contributed by atoms with E-state index in [0.717, 1.165) is 19.0 Å². The summed E-state index contributed by atoms with van der Waals surface area (Å²) < 4.78 is 0. The predicted octanol–water partition coefficient (Wildman–Crippen LogP) is 0.822. The van der Waals surface area contributed by atoms with E-state index in [0.29, 0.717) is 25.6 Å². The summed E-state index contributed by atoms with van der Waals surface area (Å²) in [5.74, 6) is 0.929. The zero-order chi connectivity index (χ0) is 14.4. The van der Waals surface area contributed by atoms with Gasteiger partial charge >= 0.3 is 0 Å². The van der Waals surface area contributed by atoms with E-state index in [-0.39, 0.29) is 5.91 Å². The molecule has 0 aromatic heterocycles. The first-order valence-corrected chi connectivity index (χ1v) is 7.77. The SMILES string of the molecule is CN(CCC#N)C(=O)CN1CCC(C2CCCN2)CC1. The van der Waals surface area contributed by atoms with Crippen LogP contribution in [0.25, 0.3) is 0 Å². The number of carbonyl (C=O) groups excluding carboxylic acids is 1. The van der Waals surface area contributed by atoms with Crippen LogP contribution in [0.5, 0.6) is 0 Å². The van der Waals surface area contributed by atoms with Crippen molar-refractivity contribution in [2.24, 2.45) is 5.92 Å². The van der Waals surface area contributed by atoms with Crippen molar-refractivity contribution in [2.45, 2.75) is 38.1 Å². The molecule has 5 nitrogen and oxygen atoms in total. The van der Waals surface area contributed by atoms with Gasteiger partial charge in [0.15, 0.2) is 0 Å². The Balaban J connectivity index is 1.68. The lowest BCUT2D eigenvalue weighted by Gasteiger charge is -2.35. The Morgan fingerprint density at radius 3 is 2.75 bits per heavy atom. The van der Waals surface area contributed by atoms with Crippen molar-refractivity contribution in [3.8, 4) is 6.07 Å². The molecule has 2 heterocycles. The summed E-state index contributed by atoms with van der Waals surface area (Å²) in [6, 6.07) is 2.79. The molecule has 5 heteroatoms. The smallest absolute Gasteiger partial charge is 0.236 e. The van der Waals surface area contributed by atoms with Gasteiger partial charge in [0.1, 0.15) is 0 Å². The van der Waals surface area contributed by atoms with Gasteiger partial charge < -0.3 is 10.2 Å². The van der Waals surface area contributed by atoms with E-state index >= 15 is 0 Å². The van der Waals surface area contributed by atoms with Crippen LogP contribution in [0.2, 0.25) is 0 Å². The Morgan fingerprint density at radius 1 is 1.40 bits per heavy atom. The largest absolute Gasteiger partial charge is 0.344 e. The van der Waals surface area contributed by atoms with Crippen LogP contribution in [0.1, 0.15) is 32.1 Å². The molecule has 0 aliphatic carbocycles. The van der Waals surface area contributed by atoms with Crippen molar-refractivity contribution in [3.05, 3.63) is 0 Å². The summed E-state index contributed by atoms with van der Waals surface area (Å²) in [6.07, 6.45) is 5.45. The third-order valence-electron chi connectivity index (χ3n) is 4.64. The van der Waals surface area contributed by atoms with Gasteiger partial charge in [-0.15, -0.1) is 0 Å². The molecular weight excluding hydrogens is 252 g/mol. The van der Waals surface area contributed by atoms with Crippen molar-refractivity contribution in [3.63, 3.8) is 0 Å². The molecule has 0 saturated carbocycles. The summed E-state index contributed by atoms with van der Waals surface area (Å²) >= 11 is 0. The van der Waals surface area contributed by atoms with Crippen LogP contribution in [0.3, 0.4) is 0 Å². The number of carbonyl (C=O) groups is 1. The Labute approximate surface area is 121 Å². The quantitative estimate of drug-likeness (QED) is 0.809. The minimum Gasteiger partial charge on any atom is -0.344 e. The Bertz CT molecular complexity index is 351. The third kappa shape index (κ3) is 4.19. The Morgan fingerprint density at radius 2 is 2.15 bits per heavy atom. The summed E-state index contributed by atoms with van der Waals surface area (Å²) in [7, 11) is 1.79. The zero-order valence-corrected chi connectivity index (χ0v) is 12.5. The van der Waals surface area contributed by atoms with E-state index < -0.39 is 0 Å². The van der Waals surface area contributed by atoms with Gasteiger partial charge in [0.25, 0.3) is 0 Å². The van der Waals surface area contributed by atoms with Crippen LogP contribution in [0.4, 0.5) is 0 Å². The fraction of sp³-hybridized carbons (Fsp3) is 0.867. The summed E-state index contributed by atoms with van der Waals surface area (Å²) in [5, 5.41) is 12.1. The van der Waals surface area contributed by atoms with Crippen molar-refractivity contribution >= 4 is 5.91 Å². The van der Waals surface area contributed by atoms with Crippen LogP contribution < -0.4 is 5.32 Å². The lowest BCUT2D eigenvalue weighted by molar-refractivity contribution is -0.131. The molecule has 2 saturated heterocycles. The molecule has 1 atom stereocenters. The van der Waals surface area contributed by atoms with Gasteiger partial charge in [-0.25, -0.2) is 0 Å². The van der Waals surface area contributed by atoms with Crippen LogP contribution in [-0.2, 0) is 4.79 Å². The van der Waals surface area contributed by atoms with E-state index in [9.17, 15) is 4.79 Å². The molecule has 2 fully saturated rings. The van der Waals surface area contributed by atoms with Crippen molar-refractivity contribution in [1.29, 1.82) is 5.26 Å². The number of nitriles is 1. The van der Waals surface area contributed by atoms with Crippen LogP contribution >= 0.6 is 0 Å². The third-order valence-corrected chi connectivity index (χ3v) is 4.64. The fourth-order valence-electron chi connectivity index (χ4n) is 3.28. The second-order valence-corrected chi connectivity index (χ2v) is 6.04. The number of hydrogen-bond acceptors (Lipinski definition) is 4. The molecule has 1 amide bonds. The van der Waals surface area contributed by atoms with Crippen molar-refractivity contribution in [1.82, 2.24) is 15.1 Å². The number of hydrogen-bond donors (Lipinski definition) is 1. The first-order valence-electron chi connectivity index (χ1n) is 7.77. The molecule has 1 unspecified atom stereocenters. The highest BCUT2D eigenvalue weighted by atomic mass is 16.2. The second-order valence-electron chi connectivity index (χ2n) is 6.04. The molecule has 0 aromatic rings. The topological polar surface area (TPSA) is 59.4 Å². The number of nitrogens with zero attached hydrogens (tertiary/aromatic N) is 3. The van der Waals surface area contributed by atoms with E-state index in [1.165, 1.54) is 32.2 Å². The van der Waals surface area contributed by atoms with Crippen LogP contribution in [-0.4, -0.2) is 61.5 Å². The maximum Gasteiger partial charge on any atom is 0.236 e. The van der Waals surface area contributed by atoms with Gasteiger partial charge in [-0.1, -0.05) is 0 Å². The number of likely N-dealkylation sites (tertiary alicyclic amines) is 1. The predicted molar refractivity (Wildman–Crippen MR) is 78.1 cm³/mol. The molecular formula is C15H26N4O. The summed E-state index contributed by atoms with van der Waals surface area (Å²) in [6.45, 7) is 4.28. The van der Waals surface area contributed by atoms with Gasteiger partial charge in [-0.05, 0) is 51.2 Å². The Kier molecular flexibility index (Phi) is 5.81. The normalized spacial score (nSPS) is 24.5. The van der Waals surface area contributed by atoms with E-state index in [1.54, 1.807) is 11.9 Å². The van der Waals surface area contributed by atoms with Crippen molar-refractivity contribution < 1.29 is 4.79 Å². The van der Waals surface area contributed by atoms with Gasteiger partial charge in [0.2, 0.25) is 5.91 Å². The monoisotopic (exact) mass is 278 g/mol. The molecule has 0 aromatic carbocycles. The second kappa shape index (κ2) is 7.61. The van der Waals surface area contributed by atoms with Gasteiger partial charge in [-0.3, -0.25) is 9.69 Å². The standard InChI is InChI=1S/C15H26N4O/c1-18(9-3-7-16)15(20)12-19-10-5-13(6-11-19)14-4-2-8-17-14/h13-14,17H,2-6,8-12H2,1H3. The van der Waals surface area contributed by atoms with Gasteiger partial charge in [0.05, 0.1) is 19.0 Å². The van der Waals surface area contributed by atoms with Crippen LogP contribution in [0, 0.1) is 17.2 Å². The number of piperidine rings is 1. The lowest BCUT2D eigenvalue weighted by Crippen LogP contribution is -2.45. The summed E-state index contributed by atoms with van der Waals surface area (Å²) in [4.78, 5) is 16.0. The maximum atomic E-state index is 12.0. The van der Waals surface area contributed by atoms with Gasteiger partial charge in [-0.2, -0.15) is 5.26 Å². The lowest BCUT2D eigenvalue weighted by atomic mass is 9.88. The molecule has 20 heavy (non-hydrogen) atoms. The molecule has 1 N–H and O–H groups in total. The minimum absolute atomic E-state index is 0.137. The van der Waals surface area contributed by atoms with E-state index in [2.05, 4.69) is 16.3 Å². The average molecular weight is 278 g/mol. The highest BCUT2D eigenvalue weighted by Crippen LogP contribution is 2.25. The molecule has 2 rings (SSSR count). The number of rotatable bonds is 5. The molecule has 0 spiro atoms. The number of amides is 1. The molecule has 0 radical (unpaired) electrons. The zero-order valence-electron chi connectivity index (χ0n) is 12.5. The molecule has 2 aliphatic rings. The molecule has 112 valence electrons. The minimum atomic E-state index is 0.137. The molecule has 2 aliphatic heterocycles. The fourth-order valence-corrected chi connectivity index (χ4v) is 3.28. The Hall–Kier alpha value is -1.12. The number of likely N-dealkylation sites (N-methyl/N-ethyl adjacent to an activating group) is 1. The van der Waals surface area contributed by atoms with E-state index in [1.807, 2.05) is 0 Å². The highest BCUT2D eigenvalue weighted by Gasteiger charge is 2.29. The van der Waals surface area contributed by atoms with E-state index in [4.69, 9.17) is 5.26 Å². The van der Waals surface area contributed by atoms with Crippen molar-refractivity contribution in [2.75, 3.05) is 39.8 Å². The first kappa shape index (κ1) is 15.3. The van der Waals surface area contributed by atoms with Gasteiger partial charge in [0, 0.05) is 19.6 Å². The molecule has 0 bridgehead atoms. The summed E-state index contributed by atoms with van der Waals surface area (Å²) in [5.41, 5.74) is 0.